The first-order chi connectivity index (χ1) is 10.7. The minimum absolute atomic E-state index is 0.239. The number of nitrogens with zero attached hydrogens (tertiary/aromatic N) is 3. The van der Waals surface area contributed by atoms with E-state index in [0.29, 0.717) is 19.7 Å². The maximum atomic E-state index is 11.8. The number of aromatic nitrogens is 1. The Morgan fingerprint density at radius 2 is 2.00 bits per heavy atom. The monoisotopic (exact) mass is 300 g/mol. The number of pyridine rings is 1. The molecule has 1 fully saturated rings. The van der Waals surface area contributed by atoms with Gasteiger partial charge in [0.15, 0.2) is 0 Å². The molecule has 1 aliphatic heterocycles. The van der Waals surface area contributed by atoms with E-state index in [2.05, 4.69) is 9.88 Å². The van der Waals surface area contributed by atoms with Gasteiger partial charge in [-0.1, -0.05) is 12.1 Å². The molecule has 0 unspecified atom stereocenters. The summed E-state index contributed by atoms with van der Waals surface area (Å²) in [5.74, 6) is 0.924. The van der Waals surface area contributed by atoms with Gasteiger partial charge in [-0.3, -0.25) is 0 Å². The van der Waals surface area contributed by atoms with Crippen LogP contribution in [0.1, 0.15) is 6.92 Å². The van der Waals surface area contributed by atoms with E-state index in [1.165, 1.54) is 0 Å². The summed E-state index contributed by atoms with van der Waals surface area (Å²) >= 11 is 0. The van der Waals surface area contributed by atoms with Crippen LogP contribution in [0, 0.1) is 0 Å². The Morgan fingerprint density at radius 3 is 2.73 bits per heavy atom. The highest BCUT2D eigenvalue weighted by Gasteiger charge is 2.23. The second kappa shape index (κ2) is 6.09. The number of rotatable bonds is 2. The van der Waals surface area contributed by atoms with Crippen LogP contribution in [-0.4, -0.2) is 48.8 Å². The van der Waals surface area contributed by atoms with E-state index < -0.39 is 0 Å². The summed E-state index contributed by atoms with van der Waals surface area (Å²) in [6, 6.07) is 7.80. The zero-order chi connectivity index (χ0) is 15.5. The number of hydrogen-bond acceptors (Lipinski definition) is 5. The second-order valence-electron chi connectivity index (χ2n) is 5.25. The van der Waals surface area contributed by atoms with Crippen molar-refractivity contribution >= 4 is 28.4 Å². The molecule has 0 radical (unpaired) electrons. The summed E-state index contributed by atoms with van der Waals surface area (Å²) in [5, 5.41) is 2.06. The van der Waals surface area contributed by atoms with Crippen LogP contribution >= 0.6 is 0 Å². The Kier molecular flexibility index (Phi) is 4.00. The third kappa shape index (κ3) is 2.64. The van der Waals surface area contributed by atoms with Crippen LogP contribution in [0.15, 0.2) is 30.5 Å². The molecule has 116 valence electrons. The van der Waals surface area contributed by atoms with Crippen molar-refractivity contribution in [3.05, 3.63) is 30.5 Å². The van der Waals surface area contributed by atoms with Crippen molar-refractivity contribution in [2.75, 3.05) is 43.4 Å². The SMILES string of the molecule is CCOC(=O)N1CCN(c2nccc3c(N)cccc23)CC1. The molecule has 2 N–H and O–H groups in total. The van der Waals surface area contributed by atoms with Crippen LogP contribution in [0.3, 0.4) is 0 Å². The van der Waals surface area contributed by atoms with Crippen molar-refractivity contribution in [3.63, 3.8) is 0 Å². The molecule has 1 aliphatic rings. The molecule has 6 heteroatoms. The lowest BCUT2D eigenvalue weighted by Crippen LogP contribution is -2.49. The van der Waals surface area contributed by atoms with E-state index in [4.69, 9.17) is 10.5 Å². The van der Waals surface area contributed by atoms with Gasteiger partial charge in [0.1, 0.15) is 5.82 Å². The van der Waals surface area contributed by atoms with Crippen molar-refractivity contribution in [1.82, 2.24) is 9.88 Å². The maximum Gasteiger partial charge on any atom is 0.409 e. The van der Waals surface area contributed by atoms with Gasteiger partial charge in [-0.2, -0.15) is 0 Å². The first kappa shape index (κ1) is 14.4. The van der Waals surface area contributed by atoms with Crippen molar-refractivity contribution in [2.24, 2.45) is 0 Å². The van der Waals surface area contributed by atoms with Crippen molar-refractivity contribution in [3.8, 4) is 0 Å². The predicted molar refractivity (Wildman–Crippen MR) is 87.0 cm³/mol. The quantitative estimate of drug-likeness (QED) is 0.860. The molecule has 0 atom stereocenters. The highest BCUT2D eigenvalue weighted by Crippen LogP contribution is 2.28. The van der Waals surface area contributed by atoms with Gasteiger partial charge < -0.3 is 20.3 Å². The molecule has 1 aromatic carbocycles. The van der Waals surface area contributed by atoms with E-state index >= 15 is 0 Å². The number of benzene rings is 1. The molecule has 3 rings (SSSR count). The van der Waals surface area contributed by atoms with Crippen molar-refractivity contribution < 1.29 is 9.53 Å². The van der Waals surface area contributed by atoms with Crippen LogP contribution in [-0.2, 0) is 4.74 Å². The molecule has 0 bridgehead atoms. The Labute approximate surface area is 129 Å². The van der Waals surface area contributed by atoms with E-state index in [1.54, 1.807) is 11.1 Å². The van der Waals surface area contributed by atoms with Gasteiger partial charge >= 0.3 is 6.09 Å². The summed E-state index contributed by atoms with van der Waals surface area (Å²) < 4.78 is 5.04. The third-order valence-corrected chi connectivity index (χ3v) is 3.92. The number of carbonyl (C=O) groups excluding carboxylic acids is 1. The van der Waals surface area contributed by atoms with Gasteiger partial charge in [-0.05, 0) is 19.1 Å². The zero-order valence-electron chi connectivity index (χ0n) is 12.7. The Bertz CT molecular complexity index is 681. The van der Waals surface area contributed by atoms with Crippen LogP contribution in [0.5, 0.6) is 0 Å². The average Bonchev–Trinajstić information content (AvgIpc) is 2.55. The fourth-order valence-electron chi connectivity index (χ4n) is 2.78. The van der Waals surface area contributed by atoms with Gasteiger partial charge in [0.2, 0.25) is 0 Å². The van der Waals surface area contributed by atoms with Crippen LogP contribution in [0.2, 0.25) is 0 Å². The molecular weight excluding hydrogens is 280 g/mol. The van der Waals surface area contributed by atoms with Crippen LogP contribution in [0.25, 0.3) is 10.8 Å². The molecule has 0 saturated carbocycles. The standard InChI is InChI=1S/C16H20N4O2/c1-2-22-16(21)20-10-8-19(9-11-20)15-13-4-3-5-14(17)12(13)6-7-18-15/h3-7H,2,8-11,17H2,1H3. The number of carbonyl (C=O) groups is 1. The number of amides is 1. The lowest BCUT2D eigenvalue weighted by molar-refractivity contribution is 0.105. The minimum atomic E-state index is -0.239. The van der Waals surface area contributed by atoms with Crippen molar-refractivity contribution in [1.29, 1.82) is 0 Å². The molecule has 6 nitrogen and oxygen atoms in total. The highest BCUT2D eigenvalue weighted by atomic mass is 16.6. The number of ether oxygens (including phenoxy) is 1. The summed E-state index contributed by atoms with van der Waals surface area (Å²) in [6.07, 6.45) is 1.54. The summed E-state index contributed by atoms with van der Waals surface area (Å²) in [7, 11) is 0. The van der Waals surface area contributed by atoms with Crippen molar-refractivity contribution in [2.45, 2.75) is 6.92 Å². The third-order valence-electron chi connectivity index (χ3n) is 3.92. The first-order valence-corrected chi connectivity index (χ1v) is 7.50. The normalized spacial score (nSPS) is 15.1. The Morgan fingerprint density at radius 1 is 1.23 bits per heavy atom. The van der Waals surface area contributed by atoms with E-state index in [1.807, 2.05) is 31.2 Å². The fourth-order valence-corrected chi connectivity index (χ4v) is 2.78. The fraction of sp³-hybridized carbons (Fsp3) is 0.375. The molecular formula is C16H20N4O2. The van der Waals surface area contributed by atoms with Gasteiger partial charge in [0.05, 0.1) is 6.61 Å². The lowest BCUT2D eigenvalue weighted by Gasteiger charge is -2.35. The topological polar surface area (TPSA) is 71.7 Å². The number of nitrogens with two attached hydrogens (primary N) is 1. The van der Waals surface area contributed by atoms with Gasteiger partial charge in [0.25, 0.3) is 0 Å². The molecule has 2 aromatic rings. The van der Waals surface area contributed by atoms with E-state index in [9.17, 15) is 4.79 Å². The van der Waals surface area contributed by atoms with Crippen LogP contribution in [0.4, 0.5) is 16.3 Å². The average molecular weight is 300 g/mol. The smallest absolute Gasteiger partial charge is 0.409 e. The Balaban J connectivity index is 1.80. The number of fused-ring (bicyclic) bond motifs is 1. The molecule has 1 amide bonds. The number of anilines is 2. The first-order valence-electron chi connectivity index (χ1n) is 7.50. The number of hydrogen-bond donors (Lipinski definition) is 1. The predicted octanol–water partition coefficient (Wildman–Crippen LogP) is 2.10. The lowest BCUT2D eigenvalue weighted by atomic mass is 10.1. The molecule has 2 heterocycles. The van der Waals surface area contributed by atoms with Gasteiger partial charge in [-0.15, -0.1) is 0 Å². The molecule has 1 aromatic heterocycles. The molecule has 1 saturated heterocycles. The minimum Gasteiger partial charge on any atom is -0.450 e. The van der Waals surface area contributed by atoms with Gasteiger partial charge in [-0.25, -0.2) is 9.78 Å². The summed E-state index contributed by atoms with van der Waals surface area (Å²) in [5.41, 5.74) is 6.79. The summed E-state index contributed by atoms with van der Waals surface area (Å²) in [6.45, 7) is 4.97. The number of piperazine rings is 1. The zero-order valence-corrected chi connectivity index (χ0v) is 12.7. The molecule has 0 spiro atoms. The second-order valence-corrected chi connectivity index (χ2v) is 5.25. The van der Waals surface area contributed by atoms with E-state index in [0.717, 1.165) is 35.4 Å². The molecule has 0 aliphatic carbocycles. The number of nitrogen functional groups attached to an aromatic ring is 1. The largest absolute Gasteiger partial charge is 0.450 e. The maximum absolute atomic E-state index is 11.8. The highest BCUT2D eigenvalue weighted by molar-refractivity contribution is 5.99. The van der Waals surface area contributed by atoms with Gasteiger partial charge in [0, 0.05) is 48.8 Å². The Hall–Kier alpha value is -2.50. The van der Waals surface area contributed by atoms with E-state index in [-0.39, 0.29) is 6.09 Å². The van der Waals surface area contributed by atoms with Crippen LogP contribution < -0.4 is 10.6 Å². The summed E-state index contributed by atoms with van der Waals surface area (Å²) in [4.78, 5) is 20.2. The molecule has 22 heavy (non-hydrogen) atoms.